The number of benzene rings is 1. The zero-order chi connectivity index (χ0) is 12.3. The highest BCUT2D eigenvalue weighted by atomic mass is 16.5. The van der Waals surface area contributed by atoms with E-state index in [1.807, 2.05) is 30.3 Å². The van der Waals surface area contributed by atoms with Gasteiger partial charge in [-0.2, -0.15) is 4.80 Å². The van der Waals surface area contributed by atoms with Crippen molar-refractivity contribution in [3.05, 3.63) is 41.7 Å². The van der Waals surface area contributed by atoms with Gasteiger partial charge in [-0.1, -0.05) is 30.3 Å². The molecule has 2 rings (SSSR count). The van der Waals surface area contributed by atoms with Crippen LogP contribution < -0.4 is 0 Å². The van der Waals surface area contributed by atoms with Gasteiger partial charge in [-0.05, 0) is 10.8 Å². The molecule has 2 aromatic rings. The Kier molecular flexibility index (Phi) is 3.13. The van der Waals surface area contributed by atoms with Gasteiger partial charge in [0.1, 0.15) is 5.92 Å². The minimum absolute atomic E-state index is 0.338. The summed E-state index contributed by atoms with van der Waals surface area (Å²) in [6, 6.07) is 9.24. The van der Waals surface area contributed by atoms with Crippen LogP contribution in [-0.2, 0) is 16.6 Å². The second kappa shape index (κ2) is 4.73. The Morgan fingerprint density at radius 1 is 1.35 bits per heavy atom. The van der Waals surface area contributed by atoms with Crippen LogP contribution in [0.2, 0.25) is 0 Å². The first kappa shape index (κ1) is 11.3. The molecule has 1 aromatic heterocycles. The molecule has 17 heavy (non-hydrogen) atoms. The Morgan fingerprint density at radius 2 is 2.06 bits per heavy atom. The molecule has 0 amide bonds. The van der Waals surface area contributed by atoms with E-state index in [-0.39, 0.29) is 0 Å². The fraction of sp³-hybridized carbons (Fsp3) is 0.273. The van der Waals surface area contributed by atoms with E-state index in [0.717, 1.165) is 5.56 Å². The highest BCUT2D eigenvalue weighted by Gasteiger charge is 2.27. The van der Waals surface area contributed by atoms with Crippen LogP contribution in [0.15, 0.2) is 30.3 Å². The Balaban J connectivity index is 2.42. The number of hydrogen-bond donors (Lipinski definition) is 0. The van der Waals surface area contributed by atoms with Crippen LogP contribution >= 0.6 is 0 Å². The number of ether oxygens (including phenoxy) is 1. The molecule has 1 unspecified atom stereocenters. The van der Waals surface area contributed by atoms with Gasteiger partial charge in [0.05, 0.1) is 14.2 Å². The molecule has 88 valence electrons. The van der Waals surface area contributed by atoms with E-state index in [4.69, 9.17) is 4.74 Å². The first-order chi connectivity index (χ1) is 8.22. The number of nitrogens with zero attached hydrogens (tertiary/aromatic N) is 4. The van der Waals surface area contributed by atoms with Crippen LogP contribution in [0.1, 0.15) is 17.3 Å². The zero-order valence-corrected chi connectivity index (χ0v) is 9.57. The van der Waals surface area contributed by atoms with E-state index in [1.54, 1.807) is 7.05 Å². The molecule has 0 saturated carbocycles. The molecule has 0 fully saturated rings. The first-order valence-electron chi connectivity index (χ1n) is 5.09. The average molecular weight is 232 g/mol. The van der Waals surface area contributed by atoms with Crippen LogP contribution in [0, 0.1) is 0 Å². The molecule has 0 radical (unpaired) electrons. The van der Waals surface area contributed by atoms with Crippen molar-refractivity contribution in [3.63, 3.8) is 0 Å². The Bertz CT molecular complexity index is 509. The van der Waals surface area contributed by atoms with E-state index in [9.17, 15) is 4.79 Å². The van der Waals surface area contributed by atoms with E-state index < -0.39 is 11.9 Å². The van der Waals surface area contributed by atoms with Gasteiger partial charge in [0.2, 0.25) is 0 Å². The highest BCUT2D eigenvalue weighted by Crippen LogP contribution is 2.22. The van der Waals surface area contributed by atoms with Crippen LogP contribution in [0.3, 0.4) is 0 Å². The normalized spacial score (nSPS) is 12.1. The lowest BCUT2D eigenvalue weighted by Gasteiger charge is -2.10. The summed E-state index contributed by atoms with van der Waals surface area (Å²) in [6.07, 6.45) is 0. The molecule has 0 spiro atoms. The predicted octanol–water partition coefficient (Wildman–Crippen LogP) is 0.515. The van der Waals surface area contributed by atoms with Crippen LogP contribution in [0.25, 0.3) is 0 Å². The third-order valence-corrected chi connectivity index (χ3v) is 2.35. The minimum Gasteiger partial charge on any atom is -0.468 e. The number of rotatable bonds is 3. The number of aromatic nitrogens is 4. The summed E-state index contributed by atoms with van der Waals surface area (Å²) in [4.78, 5) is 13.1. The van der Waals surface area contributed by atoms with Crippen LogP contribution in [0.4, 0.5) is 0 Å². The van der Waals surface area contributed by atoms with Gasteiger partial charge in [-0.3, -0.25) is 4.79 Å². The van der Waals surface area contributed by atoms with E-state index in [2.05, 4.69) is 15.4 Å². The lowest BCUT2D eigenvalue weighted by molar-refractivity contribution is -0.141. The molecule has 0 aliphatic carbocycles. The number of carbonyl (C=O) groups excluding carboxylic acids is 1. The number of aryl methyl sites for hydroxylation is 1. The average Bonchev–Trinajstić information content (AvgIpc) is 2.77. The molecule has 6 nitrogen and oxygen atoms in total. The molecule has 6 heteroatoms. The topological polar surface area (TPSA) is 69.9 Å². The molecule has 0 aliphatic rings. The molecule has 0 saturated heterocycles. The summed E-state index contributed by atoms with van der Waals surface area (Å²) in [7, 11) is 2.99. The summed E-state index contributed by atoms with van der Waals surface area (Å²) in [5.41, 5.74) is 0.785. The Hall–Kier alpha value is -2.24. The number of carbonyl (C=O) groups is 1. The van der Waals surface area contributed by atoms with Crippen molar-refractivity contribution in [1.82, 2.24) is 20.2 Å². The molecule has 0 bridgehead atoms. The largest absolute Gasteiger partial charge is 0.468 e. The van der Waals surface area contributed by atoms with Crippen molar-refractivity contribution < 1.29 is 9.53 Å². The third kappa shape index (κ3) is 2.30. The van der Waals surface area contributed by atoms with Crippen LogP contribution in [0.5, 0.6) is 0 Å². The summed E-state index contributed by atoms with van der Waals surface area (Å²) in [5, 5.41) is 11.6. The maximum absolute atomic E-state index is 11.8. The SMILES string of the molecule is COC(=O)C(c1ccccc1)c1nnn(C)n1. The van der Waals surface area contributed by atoms with Gasteiger partial charge >= 0.3 is 5.97 Å². The van der Waals surface area contributed by atoms with E-state index in [0.29, 0.717) is 5.82 Å². The third-order valence-electron chi connectivity index (χ3n) is 2.35. The Labute approximate surface area is 98.2 Å². The molecule has 1 heterocycles. The van der Waals surface area contributed by atoms with Gasteiger partial charge in [-0.25, -0.2) is 0 Å². The van der Waals surface area contributed by atoms with Gasteiger partial charge in [0.25, 0.3) is 0 Å². The number of hydrogen-bond acceptors (Lipinski definition) is 5. The van der Waals surface area contributed by atoms with Crippen molar-refractivity contribution in [1.29, 1.82) is 0 Å². The fourth-order valence-electron chi connectivity index (χ4n) is 1.57. The second-order valence-corrected chi connectivity index (χ2v) is 3.50. The van der Waals surface area contributed by atoms with Crippen molar-refractivity contribution >= 4 is 5.97 Å². The number of esters is 1. The van der Waals surface area contributed by atoms with E-state index >= 15 is 0 Å². The van der Waals surface area contributed by atoms with Gasteiger partial charge < -0.3 is 4.74 Å². The van der Waals surface area contributed by atoms with Gasteiger partial charge in [0.15, 0.2) is 5.82 Å². The zero-order valence-electron chi connectivity index (χ0n) is 9.57. The predicted molar refractivity (Wildman–Crippen MR) is 59.1 cm³/mol. The van der Waals surface area contributed by atoms with E-state index in [1.165, 1.54) is 11.9 Å². The minimum atomic E-state index is -0.630. The smallest absolute Gasteiger partial charge is 0.321 e. The Morgan fingerprint density at radius 3 is 2.59 bits per heavy atom. The summed E-state index contributed by atoms with van der Waals surface area (Å²) < 4.78 is 4.77. The first-order valence-corrected chi connectivity index (χ1v) is 5.09. The summed E-state index contributed by atoms with van der Waals surface area (Å²) in [5.74, 6) is -0.690. The molecular formula is C11H12N4O2. The quantitative estimate of drug-likeness (QED) is 0.721. The fourth-order valence-corrected chi connectivity index (χ4v) is 1.57. The maximum atomic E-state index is 11.8. The summed E-state index contributed by atoms with van der Waals surface area (Å²) >= 11 is 0. The molecular weight excluding hydrogens is 220 g/mol. The van der Waals surface area contributed by atoms with Crippen molar-refractivity contribution in [3.8, 4) is 0 Å². The van der Waals surface area contributed by atoms with Crippen LogP contribution in [-0.4, -0.2) is 33.3 Å². The van der Waals surface area contributed by atoms with Crippen molar-refractivity contribution in [2.45, 2.75) is 5.92 Å². The standard InChI is InChI=1S/C11H12N4O2/c1-15-13-10(12-14-15)9(11(16)17-2)8-6-4-3-5-7-8/h3-7,9H,1-2H3. The maximum Gasteiger partial charge on any atom is 0.321 e. The number of methoxy groups -OCH3 is 1. The molecule has 1 aromatic carbocycles. The van der Waals surface area contributed by atoms with Crippen molar-refractivity contribution in [2.24, 2.45) is 7.05 Å². The lowest BCUT2D eigenvalue weighted by Crippen LogP contribution is -2.17. The van der Waals surface area contributed by atoms with Gasteiger partial charge in [-0.15, -0.1) is 10.2 Å². The summed E-state index contributed by atoms with van der Waals surface area (Å²) in [6.45, 7) is 0. The molecule has 0 N–H and O–H groups in total. The lowest BCUT2D eigenvalue weighted by atomic mass is 9.99. The second-order valence-electron chi connectivity index (χ2n) is 3.50. The van der Waals surface area contributed by atoms with Gasteiger partial charge in [0, 0.05) is 0 Å². The molecule has 1 atom stereocenters. The highest BCUT2D eigenvalue weighted by molar-refractivity contribution is 5.80. The number of tetrazole rings is 1. The van der Waals surface area contributed by atoms with Crippen molar-refractivity contribution in [2.75, 3.05) is 7.11 Å². The monoisotopic (exact) mass is 232 g/mol. The molecule has 0 aliphatic heterocycles.